The second kappa shape index (κ2) is 7.88. The van der Waals surface area contributed by atoms with E-state index in [4.69, 9.17) is 0 Å². The summed E-state index contributed by atoms with van der Waals surface area (Å²) in [7, 11) is 0. The van der Waals surface area contributed by atoms with Crippen molar-refractivity contribution in [3.05, 3.63) is 126 Å². The Hall–Kier alpha value is -4.50. The van der Waals surface area contributed by atoms with Crippen LogP contribution < -0.4 is 5.56 Å². The molecule has 2 heterocycles. The normalized spacial score (nSPS) is 11.2. The lowest BCUT2D eigenvalue weighted by molar-refractivity contribution is 1.31. The van der Waals surface area contributed by atoms with Gasteiger partial charge in [0, 0.05) is 28.6 Å². The zero-order chi connectivity index (χ0) is 22.2. The second-order valence-electron chi connectivity index (χ2n) is 8.13. The van der Waals surface area contributed by atoms with Crippen molar-refractivity contribution in [1.82, 2.24) is 9.97 Å². The van der Waals surface area contributed by atoms with Gasteiger partial charge in [0.25, 0.3) is 0 Å². The molecule has 156 valence electrons. The Labute approximate surface area is 191 Å². The molecule has 0 aliphatic rings. The summed E-state index contributed by atoms with van der Waals surface area (Å²) in [6.45, 7) is 0. The molecule has 33 heavy (non-hydrogen) atoms. The van der Waals surface area contributed by atoms with Gasteiger partial charge >= 0.3 is 0 Å². The van der Waals surface area contributed by atoms with Gasteiger partial charge in [0.2, 0.25) is 5.56 Å². The number of benzene rings is 4. The molecule has 0 fully saturated rings. The molecule has 1 N–H and O–H groups in total. The maximum Gasteiger partial charge on any atom is 0.249 e. The van der Waals surface area contributed by atoms with Gasteiger partial charge in [-0.3, -0.25) is 9.78 Å². The van der Waals surface area contributed by atoms with Crippen LogP contribution in [0.3, 0.4) is 0 Å². The maximum absolute atomic E-state index is 12.3. The van der Waals surface area contributed by atoms with Gasteiger partial charge in [0.15, 0.2) is 0 Å². The Morgan fingerprint density at radius 3 is 1.97 bits per heavy atom. The van der Waals surface area contributed by atoms with E-state index >= 15 is 0 Å². The first kappa shape index (κ1) is 19.2. The van der Waals surface area contributed by atoms with Crippen molar-refractivity contribution >= 4 is 21.8 Å². The molecule has 4 aromatic carbocycles. The van der Waals surface area contributed by atoms with Crippen LogP contribution in [0.4, 0.5) is 0 Å². The number of rotatable bonds is 3. The average molecular weight is 425 g/mol. The molecular formula is C30H20N2O. The minimum Gasteiger partial charge on any atom is -0.322 e. The molecule has 6 rings (SSSR count). The van der Waals surface area contributed by atoms with E-state index < -0.39 is 0 Å². The van der Waals surface area contributed by atoms with Crippen LogP contribution in [0.2, 0.25) is 0 Å². The van der Waals surface area contributed by atoms with E-state index in [1.807, 2.05) is 48.7 Å². The summed E-state index contributed by atoms with van der Waals surface area (Å²) in [5, 5.41) is 2.15. The van der Waals surface area contributed by atoms with E-state index in [0.29, 0.717) is 0 Å². The Bertz CT molecular complexity index is 1670. The van der Waals surface area contributed by atoms with E-state index in [2.05, 4.69) is 70.6 Å². The highest BCUT2D eigenvalue weighted by Gasteiger charge is 2.10. The van der Waals surface area contributed by atoms with Crippen LogP contribution in [0, 0.1) is 0 Å². The number of pyridine rings is 2. The SMILES string of the molecule is O=c1cc(-c2ccccc2)c2cc(-c3ccc4c(-c5ccccc5)ccnc4c3)ccc2[nH]1. The molecule has 0 aliphatic heterocycles. The second-order valence-corrected chi connectivity index (χ2v) is 8.13. The first-order chi connectivity index (χ1) is 16.3. The van der Waals surface area contributed by atoms with Gasteiger partial charge in [-0.2, -0.15) is 0 Å². The van der Waals surface area contributed by atoms with E-state index in [1.54, 1.807) is 6.07 Å². The summed E-state index contributed by atoms with van der Waals surface area (Å²) >= 11 is 0. The molecule has 6 aromatic rings. The standard InChI is InChI=1S/C30H20N2O/c33-30-19-26(21-9-5-2-6-10-21)27-17-22(12-14-28(27)32-30)23-11-13-25-24(15-16-31-29(25)18-23)20-7-3-1-4-8-20/h1-19H,(H,32,33). The highest BCUT2D eigenvalue weighted by Crippen LogP contribution is 2.33. The number of hydrogen-bond acceptors (Lipinski definition) is 2. The number of hydrogen-bond donors (Lipinski definition) is 1. The average Bonchev–Trinajstić information content (AvgIpc) is 2.88. The lowest BCUT2D eigenvalue weighted by atomic mass is 9.95. The molecule has 0 bridgehead atoms. The molecule has 0 aliphatic carbocycles. The topological polar surface area (TPSA) is 45.8 Å². The molecule has 0 spiro atoms. The quantitative estimate of drug-likeness (QED) is 0.330. The van der Waals surface area contributed by atoms with Crippen molar-refractivity contribution in [1.29, 1.82) is 0 Å². The molecule has 0 saturated heterocycles. The third kappa shape index (κ3) is 3.50. The fourth-order valence-electron chi connectivity index (χ4n) is 4.49. The number of fused-ring (bicyclic) bond motifs is 2. The van der Waals surface area contributed by atoms with Gasteiger partial charge < -0.3 is 4.98 Å². The molecule has 0 amide bonds. The highest BCUT2D eigenvalue weighted by atomic mass is 16.1. The van der Waals surface area contributed by atoms with Crippen LogP contribution in [-0.2, 0) is 0 Å². The monoisotopic (exact) mass is 424 g/mol. The summed E-state index contributed by atoms with van der Waals surface area (Å²) in [5.41, 5.74) is 8.17. The summed E-state index contributed by atoms with van der Waals surface area (Å²) in [6.07, 6.45) is 1.87. The van der Waals surface area contributed by atoms with Crippen LogP contribution >= 0.6 is 0 Å². The minimum absolute atomic E-state index is 0.0996. The molecule has 0 unspecified atom stereocenters. The largest absolute Gasteiger partial charge is 0.322 e. The molecule has 0 radical (unpaired) electrons. The number of aromatic amines is 1. The summed E-state index contributed by atoms with van der Waals surface area (Å²) in [6, 6.07) is 36.8. The highest BCUT2D eigenvalue weighted by molar-refractivity contribution is 5.99. The van der Waals surface area contributed by atoms with E-state index in [1.165, 1.54) is 11.1 Å². The first-order valence-corrected chi connectivity index (χ1v) is 10.9. The molecule has 3 nitrogen and oxygen atoms in total. The Balaban J connectivity index is 1.51. The molecule has 0 saturated carbocycles. The van der Waals surface area contributed by atoms with Crippen LogP contribution in [0.5, 0.6) is 0 Å². The smallest absolute Gasteiger partial charge is 0.249 e. The van der Waals surface area contributed by atoms with Crippen molar-refractivity contribution in [2.24, 2.45) is 0 Å². The number of nitrogens with one attached hydrogen (secondary N) is 1. The molecule has 2 aromatic heterocycles. The van der Waals surface area contributed by atoms with Crippen molar-refractivity contribution in [2.75, 3.05) is 0 Å². The van der Waals surface area contributed by atoms with Gasteiger partial charge in [-0.05, 0) is 57.6 Å². The van der Waals surface area contributed by atoms with Crippen LogP contribution in [0.1, 0.15) is 0 Å². The van der Waals surface area contributed by atoms with Crippen LogP contribution in [0.25, 0.3) is 55.2 Å². The molecular weight excluding hydrogens is 404 g/mol. The van der Waals surface area contributed by atoms with Crippen molar-refractivity contribution in [3.63, 3.8) is 0 Å². The Morgan fingerprint density at radius 1 is 0.545 bits per heavy atom. The predicted molar refractivity (Wildman–Crippen MR) is 136 cm³/mol. The molecule has 3 heteroatoms. The predicted octanol–water partition coefficient (Wildman–Crippen LogP) is 7.08. The van der Waals surface area contributed by atoms with E-state index in [9.17, 15) is 4.79 Å². The van der Waals surface area contributed by atoms with E-state index in [0.717, 1.165) is 44.1 Å². The zero-order valence-corrected chi connectivity index (χ0v) is 17.8. The zero-order valence-electron chi connectivity index (χ0n) is 17.8. The fourth-order valence-corrected chi connectivity index (χ4v) is 4.49. The van der Waals surface area contributed by atoms with Crippen LogP contribution in [0.15, 0.2) is 120 Å². The van der Waals surface area contributed by atoms with Crippen molar-refractivity contribution in [3.8, 4) is 33.4 Å². The van der Waals surface area contributed by atoms with Gasteiger partial charge in [-0.15, -0.1) is 0 Å². The van der Waals surface area contributed by atoms with Crippen LogP contribution in [-0.4, -0.2) is 9.97 Å². The lowest BCUT2D eigenvalue weighted by Crippen LogP contribution is -2.04. The van der Waals surface area contributed by atoms with Gasteiger partial charge in [-0.25, -0.2) is 0 Å². The third-order valence-electron chi connectivity index (χ3n) is 6.09. The summed E-state index contributed by atoms with van der Waals surface area (Å²) in [4.78, 5) is 19.9. The third-order valence-corrected chi connectivity index (χ3v) is 6.09. The first-order valence-electron chi connectivity index (χ1n) is 10.9. The molecule has 0 atom stereocenters. The number of aromatic nitrogens is 2. The summed E-state index contributed by atoms with van der Waals surface area (Å²) < 4.78 is 0. The number of nitrogens with zero attached hydrogens (tertiary/aromatic N) is 1. The Kier molecular flexibility index (Phi) is 4.59. The maximum atomic E-state index is 12.3. The van der Waals surface area contributed by atoms with Gasteiger partial charge in [0.1, 0.15) is 0 Å². The Morgan fingerprint density at radius 2 is 1.21 bits per heavy atom. The number of H-pyrrole nitrogens is 1. The minimum atomic E-state index is -0.0996. The van der Waals surface area contributed by atoms with Gasteiger partial charge in [0.05, 0.1) is 5.52 Å². The van der Waals surface area contributed by atoms with Crippen molar-refractivity contribution in [2.45, 2.75) is 0 Å². The lowest BCUT2D eigenvalue weighted by Gasteiger charge is -2.11. The van der Waals surface area contributed by atoms with Gasteiger partial charge in [-0.1, -0.05) is 78.9 Å². The van der Waals surface area contributed by atoms with E-state index in [-0.39, 0.29) is 5.56 Å². The van der Waals surface area contributed by atoms with Crippen molar-refractivity contribution < 1.29 is 0 Å². The summed E-state index contributed by atoms with van der Waals surface area (Å²) in [5.74, 6) is 0. The fraction of sp³-hybridized carbons (Fsp3) is 0.